The first-order valence-electron chi connectivity index (χ1n) is 15.0. The van der Waals surface area contributed by atoms with Crippen LogP contribution in [0.25, 0.3) is 17.2 Å². The van der Waals surface area contributed by atoms with E-state index in [0.29, 0.717) is 18.9 Å². The van der Waals surface area contributed by atoms with Crippen molar-refractivity contribution in [2.75, 3.05) is 34.5 Å². The Balaban J connectivity index is 1.34. The molecule has 8 nitrogen and oxygen atoms in total. The van der Waals surface area contributed by atoms with E-state index in [9.17, 15) is 10.2 Å². The number of methoxy groups -OCH3 is 2. The second kappa shape index (κ2) is 11.5. The standard InChI is InChI=1S/C36H36N2O6/c1-37-19-43-34-17-27-28-14-23(13-20-4-8-29-21(12-20)10-11-38-29)26-16-24(39)6-7-25(26)35(28)33(42-3)18-31(27)44-36(34)22-5-9-30(40)32(15-22)41-2/h4-10,12,15-16,18,23,34,36-37,39-40H,11,13-14,17,19H2,1-3H3/t23-,34-,36-/m1/s1. The number of fused-ring (bicyclic) bond motifs is 6. The highest BCUT2D eigenvalue weighted by Gasteiger charge is 2.38. The van der Waals surface area contributed by atoms with E-state index in [0.717, 1.165) is 64.1 Å². The summed E-state index contributed by atoms with van der Waals surface area (Å²) in [4.78, 5) is 4.55. The van der Waals surface area contributed by atoms with Crippen molar-refractivity contribution in [2.45, 2.75) is 37.4 Å². The number of nitrogens with zero attached hydrogens (tertiary/aromatic N) is 1. The molecule has 8 heteroatoms. The summed E-state index contributed by atoms with van der Waals surface area (Å²) in [5.74, 6) is 2.33. The third kappa shape index (κ3) is 4.94. The first kappa shape index (κ1) is 28.3. The summed E-state index contributed by atoms with van der Waals surface area (Å²) in [6.07, 6.45) is 3.66. The Hall–Kier alpha value is -4.53. The van der Waals surface area contributed by atoms with Crippen LogP contribution in [0.5, 0.6) is 28.7 Å². The third-order valence-electron chi connectivity index (χ3n) is 9.00. The zero-order chi connectivity index (χ0) is 30.4. The van der Waals surface area contributed by atoms with Gasteiger partial charge in [-0.15, -0.1) is 0 Å². The lowest BCUT2D eigenvalue weighted by Crippen LogP contribution is -2.36. The van der Waals surface area contributed by atoms with Gasteiger partial charge >= 0.3 is 0 Å². The number of aromatic hydroxyl groups is 2. The van der Waals surface area contributed by atoms with Crippen LogP contribution in [0.1, 0.15) is 39.8 Å². The van der Waals surface area contributed by atoms with Crippen molar-refractivity contribution in [1.82, 2.24) is 5.32 Å². The molecular formula is C36H36N2O6. The molecular weight excluding hydrogens is 556 g/mol. The Morgan fingerprint density at radius 1 is 0.932 bits per heavy atom. The van der Waals surface area contributed by atoms with Gasteiger partial charge in [0.1, 0.15) is 23.4 Å². The van der Waals surface area contributed by atoms with Gasteiger partial charge in [0.2, 0.25) is 0 Å². The minimum Gasteiger partial charge on any atom is -0.508 e. The van der Waals surface area contributed by atoms with Crippen molar-refractivity contribution in [1.29, 1.82) is 0 Å². The highest BCUT2D eigenvalue weighted by molar-refractivity contribution is 5.83. The summed E-state index contributed by atoms with van der Waals surface area (Å²) in [6, 6.07) is 19.4. The van der Waals surface area contributed by atoms with Gasteiger partial charge in [0.05, 0.1) is 32.9 Å². The van der Waals surface area contributed by atoms with Gasteiger partial charge in [-0.1, -0.05) is 24.3 Å². The molecule has 0 saturated carbocycles. The topological polar surface area (TPSA) is 102 Å². The normalized spacial score (nSPS) is 19.4. The average molecular weight is 593 g/mol. The number of phenols is 2. The average Bonchev–Trinajstić information content (AvgIpc) is 3.51. The van der Waals surface area contributed by atoms with Crippen LogP contribution in [0.3, 0.4) is 0 Å². The summed E-state index contributed by atoms with van der Waals surface area (Å²) in [7, 11) is 5.07. The van der Waals surface area contributed by atoms with E-state index in [1.165, 1.54) is 23.5 Å². The lowest BCUT2D eigenvalue weighted by Gasteiger charge is -2.38. The molecule has 2 heterocycles. The maximum absolute atomic E-state index is 10.6. The number of phenolic OH excluding ortho intramolecular Hbond substituents is 2. The second-order valence-corrected chi connectivity index (χ2v) is 11.6. The van der Waals surface area contributed by atoms with Crippen LogP contribution in [0, 0.1) is 0 Å². The van der Waals surface area contributed by atoms with Crippen LogP contribution in [-0.2, 0) is 24.0 Å². The first-order chi connectivity index (χ1) is 21.5. The smallest absolute Gasteiger partial charge is 0.160 e. The fourth-order valence-corrected chi connectivity index (χ4v) is 6.97. The molecule has 3 N–H and O–H groups in total. The zero-order valence-electron chi connectivity index (χ0n) is 25.1. The molecule has 3 aliphatic rings. The van der Waals surface area contributed by atoms with Crippen LogP contribution in [0.4, 0.5) is 0 Å². The van der Waals surface area contributed by atoms with Crippen molar-refractivity contribution in [3.8, 4) is 39.9 Å². The van der Waals surface area contributed by atoms with E-state index in [1.54, 1.807) is 25.3 Å². The van der Waals surface area contributed by atoms with Crippen molar-refractivity contribution in [2.24, 2.45) is 4.99 Å². The maximum Gasteiger partial charge on any atom is 0.160 e. The molecule has 0 fully saturated rings. The fourth-order valence-electron chi connectivity index (χ4n) is 6.97. The summed E-state index contributed by atoms with van der Waals surface area (Å²) in [6.45, 7) is 1.09. The molecule has 0 spiro atoms. The Morgan fingerprint density at radius 3 is 2.61 bits per heavy atom. The number of nitrogens with one attached hydrogen (secondary N) is 1. The molecule has 0 unspecified atom stereocenters. The van der Waals surface area contributed by atoms with Crippen LogP contribution in [-0.4, -0.2) is 50.9 Å². The van der Waals surface area contributed by atoms with Crippen molar-refractivity contribution < 1.29 is 29.2 Å². The molecule has 0 saturated heterocycles. The highest BCUT2D eigenvalue weighted by atomic mass is 16.6. The summed E-state index contributed by atoms with van der Waals surface area (Å²) >= 11 is 0. The molecule has 44 heavy (non-hydrogen) atoms. The lowest BCUT2D eigenvalue weighted by atomic mass is 9.73. The third-order valence-corrected chi connectivity index (χ3v) is 9.00. The quantitative estimate of drug-likeness (QED) is 0.262. The second-order valence-electron chi connectivity index (χ2n) is 11.6. The number of benzene rings is 4. The molecule has 2 aliphatic heterocycles. The van der Waals surface area contributed by atoms with Gasteiger partial charge in [-0.2, -0.15) is 0 Å². The predicted molar refractivity (Wildman–Crippen MR) is 167 cm³/mol. The maximum atomic E-state index is 10.6. The molecule has 4 aromatic carbocycles. The fraction of sp³-hybridized carbons (Fsp3) is 0.306. The van der Waals surface area contributed by atoms with Crippen LogP contribution < -0.4 is 30.1 Å². The largest absolute Gasteiger partial charge is 0.508 e. The van der Waals surface area contributed by atoms with Crippen molar-refractivity contribution in [3.63, 3.8) is 0 Å². The lowest BCUT2D eigenvalue weighted by molar-refractivity contribution is -0.0428. The molecule has 3 atom stereocenters. The van der Waals surface area contributed by atoms with E-state index in [4.69, 9.17) is 18.9 Å². The SMILES string of the molecule is CNCO[C@@H]1Cc2c(cc(OC)c3c2C[C@@H](Cc2ccc4c(c2)=CCN=4)c2cc(O)ccc2-3)O[C@@H]1c1ccc(O)c(OC)c1. The van der Waals surface area contributed by atoms with E-state index >= 15 is 0 Å². The Kier molecular flexibility index (Phi) is 7.40. The molecule has 0 amide bonds. The van der Waals surface area contributed by atoms with Crippen LogP contribution >= 0.6 is 0 Å². The van der Waals surface area contributed by atoms with Gasteiger partial charge in [-0.3, -0.25) is 10.3 Å². The molecule has 0 bridgehead atoms. The minimum absolute atomic E-state index is 0.0716. The van der Waals surface area contributed by atoms with Crippen LogP contribution in [0.2, 0.25) is 0 Å². The molecule has 0 radical (unpaired) electrons. The summed E-state index contributed by atoms with van der Waals surface area (Å²) in [5, 5.41) is 26.1. The van der Waals surface area contributed by atoms with Gasteiger partial charge < -0.3 is 29.2 Å². The van der Waals surface area contributed by atoms with Gasteiger partial charge in [0.15, 0.2) is 17.6 Å². The van der Waals surface area contributed by atoms with Gasteiger partial charge in [-0.05, 0) is 95.2 Å². The molecule has 1 aliphatic carbocycles. The van der Waals surface area contributed by atoms with Crippen molar-refractivity contribution >= 4 is 6.08 Å². The molecule has 0 aromatic heterocycles. The number of rotatable bonds is 8. The van der Waals surface area contributed by atoms with Gasteiger partial charge in [-0.25, -0.2) is 0 Å². The Bertz CT molecular complexity index is 1870. The van der Waals surface area contributed by atoms with E-state index in [2.05, 4.69) is 34.6 Å². The zero-order valence-corrected chi connectivity index (χ0v) is 25.1. The number of hydrogen-bond acceptors (Lipinski definition) is 8. The molecule has 4 aromatic rings. The molecule has 226 valence electrons. The summed E-state index contributed by atoms with van der Waals surface area (Å²) < 4.78 is 24.5. The van der Waals surface area contributed by atoms with Gasteiger partial charge in [0, 0.05) is 23.6 Å². The van der Waals surface area contributed by atoms with Crippen LogP contribution in [0.15, 0.2) is 65.7 Å². The number of hydrogen-bond donors (Lipinski definition) is 3. The summed E-state index contributed by atoms with van der Waals surface area (Å²) in [5.41, 5.74) is 7.60. The minimum atomic E-state index is -0.426. The van der Waals surface area contributed by atoms with E-state index in [1.807, 2.05) is 31.3 Å². The first-order valence-corrected chi connectivity index (χ1v) is 15.0. The highest BCUT2D eigenvalue weighted by Crippen LogP contribution is 2.52. The molecule has 7 rings (SSSR count). The Labute approximate surface area is 256 Å². The van der Waals surface area contributed by atoms with Crippen molar-refractivity contribution in [3.05, 3.63) is 99.1 Å². The van der Waals surface area contributed by atoms with Gasteiger partial charge in [0.25, 0.3) is 0 Å². The number of ether oxygens (including phenoxy) is 4. The Morgan fingerprint density at radius 2 is 1.80 bits per heavy atom. The van der Waals surface area contributed by atoms with E-state index in [-0.39, 0.29) is 23.5 Å². The monoisotopic (exact) mass is 592 g/mol. The van der Waals surface area contributed by atoms with E-state index < -0.39 is 6.10 Å². The predicted octanol–water partition coefficient (Wildman–Crippen LogP) is 4.32.